The second-order valence-electron chi connectivity index (χ2n) is 8.91. The number of benzene rings is 1. The zero-order valence-corrected chi connectivity index (χ0v) is 21.8. The number of nitrogens with zero attached hydrogens (tertiary/aromatic N) is 6. The Bertz CT molecular complexity index is 1120. The number of anilines is 1. The van der Waals surface area contributed by atoms with Gasteiger partial charge in [0.25, 0.3) is 6.01 Å². The topological polar surface area (TPSA) is 72.5 Å². The molecule has 8 nitrogen and oxygen atoms in total. The number of piperazine rings is 1. The number of likely N-dealkylation sites (tertiary alicyclic amines) is 1. The van der Waals surface area contributed by atoms with Gasteiger partial charge in [-0.2, -0.15) is 4.98 Å². The van der Waals surface area contributed by atoms with Crippen molar-refractivity contribution in [3.8, 4) is 0 Å². The highest BCUT2D eigenvalue weighted by Gasteiger charge is 2.33. The summed E-state index contributed by atoms with van der Waals surface area (Å²) in [6.07, 6.45) is 6.08. The maximum absolute atomic E-state index is 5.60. The fourth-order valence-electron chi connectivity index (χ4n) is 4.59. The molecule has 0 atom stereocenters. The molecule has 0 aliphatic carbocycles. The van der Waals surface area contributed by atoms with Gasteiger partial charge < -0.3 is 19.5 Å². The molecule has 1 aromatic carbocycles. The summed E-state index contributed by atoms with van der Waals surface area (Å²) in [5, 5.41) is 2.93. The quantitative estimate of drug-likeness (QED) is 0.681. The molecule has 0 bridgehead atoms. The number of allylic oxidation sites excluding steroid dienone is 2. The summed E-state index contributed by atoms with van der Waals surface area (Å²) < 4.78 is 5.60. The highest BCUT2D eigenvalue weighted by atomic mass is 16.4. The Morgan fingerprint density at radius 1 is 1.17 bits per heavy atom. The SMILES string of the molecule is CC.CCN1CCN(C2CN(/C(C)=C/N=C3C=CC(c4ccc5oc(NC)nc5c4)=NC3)C2)CC1. The van der Waals surface area contributed by atoms with E-state index >= 15 is 0 Å². The van der Waals surface area contributed by atoms with Crippen LogP contribution in [0.2, 0.25) is 0 Å². The Morgan fingerprint density at radius 2 is 1.94 bits per heavy atom. The predicted molar refractivity (Wildman–Crippen MR) is 146 cm³/mol. The monoisotopic (exact) mass is 477 g/mol. The predicted octanol–water partition coefficient (Wildman–Crippen LogP) is 3.88. The number of dihydropyridines is 1. The highest BCUT2D eigenvalue weighted by molar-refractivity contribution is 6.16. The second-order valence-corrected chi connectivity index (χ2v) is 8.91. The first-order valence-electron chi connectivity index (χ1n) is 12.9. The van der Waals surface area contributed by atoms with Crippen molar-refractivity contribution in [2.24, 2.45) is 9.98 Å². The van der Waals surface area contributed by atoms with Gasteiger partial charge in [0, 0.05) is 69.8 Å². The van der Waals surface area contributed by atoms with Crippen molar-refractivity contribution in [2.45, 2.75) is 33.7 Å². The lowest BCUT2D eigenvalue weighted by atomic mass is 10.1. The summed E-state index contributed by atoms with van der Waals surface area (Å²) in [5.41, 5.74) is 5.77. The lowest BCUT2D eigenvalue weighted by Crippen LogP contribution is -2.62. The molecule has 2 fully saturated rings. The molecule has 0 unspecified atom stereocenters. The van der Waals surface area contributed by atoms with E-state index in [9.17, 15) is 0 Å². The third kappa shape index (κ3) is 5.82. The van der Waals surface area contributed by atoms with E-state index in [1.54, 1.807) is 7.05 Å². The summed E-state index contributed by atoms with van der Waals surface area (Å²) in [7, 11) is 1.80. The molecule has 0 amide bonds. The minimum Gasteiger partial charge on any atom is -0.424 e. The second kappa shape index (κ2) is 11.6. The summed E-state index contributed by atoms with van der Waals surface area (Å²) >= 11 is 0. The zero-order valence-electron chi connectivity index (χ0n) is 21.8. The van der Waals surface area contributed by atoms with Crippen LogP contribution in [-0.2, 0) is 0 Å². The number of aliphatic imine (C=N–C) groups is 2. The Morgan fingerprint density at radius 3 is 2.60 bits per heavy atom. The first-order chi connectivity index (χ1) is 17.1. The fraction of sp³-hybridized carbons (Fsp3) is 0.519. The van der Waals surface area contributed by atoms with Gasteiger partial charge in [0.05, 0.1) is 18.0 Å². The Hall–Kier alpha value is -2.97. The van der Waals surface area contributed by atoms with Crippen LogP contribution in [-0.4, -0.2) is 96.6 Å². The number of hydrogen-bond donors (Lipinski definition) is 1. The smallest absolute Gasteiger partial charge is 0.295 e. The van der Waals surface area contributed by atoms with Crippen LogP contribution < -0.4 is 5.32 Å². The molecule has 1 aromatic heterocycles. The summed E-state index contributed by atoms with van der Waals surface area (Å²) in [4.78, 5) is 21.5. The van der Waals surface area contributed by atoms with Crippen LogP contribution in [0.15, 0.2) is 56.7 Å². The molecule has 8 heteroatoms. The minimum atomic E-state index is 0.521. The zero-order chi connectivity index (χ0) is 24.8. The van der Waals surface area contributed by atoms with E-state index in [-0.39, 0.29) is 0 Å². The van der Waals surface area contributed by atoms with Gasteiger partial charge in [0.15, 0.2) is 5.58 Å². The van der Waals surface area contributed by atoms with Crippen molar-refractivity contribution < 1.29 is 4.42 Å². The van der Waals surface area contributed by atoms with E-state index < -0.39 is 0 Å². The standard InChI is InChI=1S/C25H33N7O.C2H6/c1-4-30-9-11-31(12-10-30)21-16-32(17-21)18(2)14-27-20-6-7-22(28-15-20)19-5-8-24-23(13-19)29-25(26-3)33-24;1-2/h5-8,13-14,21H,4,9-12,15-17H2,1-3H3,(H,26,29);1-2H3/b18-14+,27-20?;. The Labute approximate surface area is 209 Å². The summed E-state index contributed by atoms with van der Waals surface area (Å²) in [6.45, 7) is 17.2. The molecule has 2 aromatic rings. The number of likely N-dealkylation sites (N-methyl/N-ethyl adjacent to an activating group) is 1. The maximum atomic E-state index is 5.60. The van der Waals surface area contributed by atoms with Crippen molar-refractivity contribution in [2.75, 3.05) is 64.7 Å². The molecule has 0 radical (unpaired) electrons. The number of nitrogens with one attached hydrogen (secondary N) is 1. The van der Waals surface area contributed by atoms with Crippen LogP contribution in [0.1, 0.15) is 33.3 Å². The average Bonchev–Trinajstić information content (AvgIpc) is 3.31. The first kappa shape index (κ1) is 25.1. The molecule has 3 aliphatic heterocycles. The lowest BCUT2D eigenvalue weighted by molar-refractivity contribution is 0.0227. The van der Waals surface area contributed by atoms with Crippen molar-refractivity contribution in [1.82, 2.24) is 19.7 Å². The number of rotatable bonds is 6. The molecule has 0 spiro atoms. The van der Waals surface area contributed by atoms with Crippen LogP contribution in [0.4, 0.5) is 6.01 Å². The molecule has 1 N–H and O–H groups in total. The molecule has 0 saturated carbocycles. The Kier molecular flexibility index (Phi) is 8.36. The molecule has 188 valence electrons. The van der Waals surface area contributed by atoms with E-state index in [1.807, 2.05) is 44.3 Å². The summed E-state index contributed by atoms with van der Waals surface area (Å²) in [6, 6.07) is 7.18. The lowest BCUT2D eigenvalue weighted by Gasteiger charge is -2.49. The van der Waals surface area contributed by atoms with Gasteiger partial charge in [-0.15, -0.1) is 0 Å². The van der Waals surface area contributed by atoms with Crippen molar-refractivity contribution >= 4 is 28.5 Å². The molecule has 2 saturated heterocycles. The fourth-order valence-corrected chi connectivity index (χ4v) is 4.59. The van der Waals surface area contributed by atoms with E-state index in [4.69, 9.17) is 14.4 Å². The summed E-state index contributed by atoms with van der Waals surface area (Å²) in [5.74, 6) is 0. The van der Waals surface area contributed by atoms with Gasteiger partial charge in [-0.3, -0.25) is 14.9 Å². The molecule has 5 rings (SSSR count). The molecular weight excluding hydrogens is 438 g/mol. The number of aromatic nitrogens is 1. The van der Waals surface area contributed by atoms with Crippen molar-refractivity contribution in [3.63, 3.8) is 0 Å². The number of fused-ring (bicyclic) bond motifs is 1. The molecular formula is C27H39N7O. The van der Waals surface area contributed by atoms with Gasteiger partial charge in [0.2, 0.25) is 0 Å². The van der Waals surface area contributed by atoms with Crippen LogP contribution in [0.5, 0.6) is 0 Å². The first-order valence-corrected chi connectivity index (χ1v) is 12.9. The minimum absolute atomic E-state index is 0.521. The van der Waals surface area contributed by atoms with E-state index in [0.717, 1.165) is 41.2 Å². The number of hydrogen-bond acceptors (Lipinski definition) is 8. The Balaban J connectivity index is 0.00000141. The maximum Gasteiger partial charge on any atom is 0.295 e. The average molecular weight is 478 g/mol. The highest BCUT2D eigenvalue weighted by Crippen LogP contribution is 2.22. The van der Waals surface area contributed by atoms with Crippen LogP contribution in [0.25, 0.3) is 11.1 Å². The van der Waals surface area contributed by atoms with E-state index in [0.29, 0.717) is 18.6 Å². The van der Waals surface area contributed by atoms with Gasteiger partial charge in [-0.05, 0) is 43.8 Å². The van der Waals surface area contributed by atoms with E-state index in [1.165, 1.54) is 38.4 Å². The normalized spacial score (nSPS) is 21.1. The van der Waals surface area contributed by atoms with Gasteiger partial charge >= 0.3 is 0 Å². The molecule has 35 heavy (non-hydrogen) atoms. The van der Waals surface area contributed by atoms with E-state index in [2.05, 4.69) is 44.9 Å². The van der Waals surface area contributed by atoms with Gasteiger partial charge in [-0.1, -0.05) is 20.8 Å². The largest absolute Gasteiger partial charge is 0.424 e. The third-order valence-electron chi connectivity index (χ3n) is 6.89. The van der Waals surface area contributed by atoms with Crippen LogP contribution in [0, 0.1) is 0 Å². The van der Waals surface area contributed by atoms with Crippen molar-refractivity contribution in [3.05, 3.63) is 47.8 Å². The third-order valence-corrected chi connectivity index (χ3v) is 6.89. The van der Waals surface area contributed by atoms with Crippen molar-refractivity contribution in [1.29, 1.82) is 0 Å². The molecule has 4 heterocycles. The van der Waals surface area contributed by atoms with Gasteiger partial charge in [-0.25, -0.2) is 0 Å². The molecule has 3 aliphatic rings. The van der Waals surface area contributed by atoms with Crippen LogP contribution in [0.3, 0.4) is 0 Å². The van der Waals surface area contributed by atoms with Crippen LogP contribution >= 0.6 is 0 Å². The van der Waals surface area contributed by atoms with Gasteiger partial charge in [0.1, 0.15) is 5.52 Å². The number of oxazole rings is 1.